The highest BCUT2D eigenvalue weighted by Gasteiger charge is 2.26. The van der Waals surface area contributed by atoms with E-state index in [1.807, 2.05) is 0 Å². The number of aromatic nitrogens is 1. The maximum atomic E-state index is 13.2. The number of ether oxygens (including phenoxy) is 1. The molecule has 1 amide bonds. The van der Waals surface area contributed by atoms with Gasteiger partial charge in [-0.05, 0) is 37.5 Å². The standard InChI is InChI=1S/C21H29N3O5S/c1-14-20(21(29-23-14)22-15(2)25)16-11-12-18(28-3)19(13-16)30(26,27)24-17-9-7-5-4-6-8-10-17/h11-13,17,24H,4-10H2,1-3H3,(H,22,25). The first-order valence-electron chi connectivity index (χ1n) is 10.3. The zero-order valence-corrected chi connectivity index (χ0v) is 18.5. The number of carbonyl (C=O) groups excluding carboxylic acids is 1. The van der Waals surface area contributed by atoms with Gasteiger partial charge in [-0.25, -0.2) is 13.1 Å². The lowest BCUT2D eigenvalue weighted by Gasteiger charge is -2.22. The number of sulfonamides is 1. The zero-order chi connectivity index (χ0) is 21.7. The first kappa shape index (κ1) is 22.3. The number of benzene rings is 1. The SMILES string of the molecule is COc1ccc(-c2c(C)noc2NC(C)=O)cc1S(=O)(=O)NC1CCCCCCC1. The summed E-state index contributed by atoms with van der Waals surface area (Å²) in [4.78, 5) is 11.5. The third kappa shape index (κ3) is 5.20. The van der Waals surface area contributed by atoms with Gasteiger partial charge in [-0.3, -0.25) is 10.1 Å². The molecule has 1 aromatic heterocycles. The maximum absolute atomic E-state index is 13.2. The molecule has 0 unspecified atom stereocenters. The van der Waals surface area contributed by atoms with Gasteiger partial charge in [0.25, 0.3) is 0 Å². The summed E-state index contributed by atoms with van der Waals surface area (Å²) in [6, 6.07) is 4.77. The van der Waals surface area contributed by atoms with Crippen molar-refractivity contribution in [3.8, 4) is 16.9 Å². The Morgan fingerprint density at radius 1 is 1.17 bits per heavy atom. The van der Waals surface area contributed by atoms with E-state index in [-0.39, 0.29) is 28.5 Å². The molecule has 0 aliphatic heterocycles. The van der Waals surface area contributed by atoms with E-state index < -0.39 is 10.0 Å². The van der Waals surface area contributed by atoms with E-state index in [9.17, 15) is 13.2 Å². The van der Waals surface area contributed by atoms with Crippen molar-refractivity contribution in [2.45, 2.75) is 69.7 Å². The van der Waals surface area contributed by atoms with Gasteiger partial charge >= 0.3 is 0 Å². The smallest absolute Gasteiger partial charge is 0.244 e. The molecular formula is C21H29N3O5S. The summed E-state index contributed by atoms with van der Waals surface area (Å²) in [6.45, 7) is 3.10. The van der Waals surface area contributed by atoms with Gasteiger partial charge in [0.05, 0.1) is 18.4 Å². The molecule has 0 bridgehead atoms. The highest BCUT2D eigenvalue weighted by Crippen LogP contribution is 2.36. The predicted octanol–water partition coefficient (Wildman–Crippen LogP) is 4.01. The molecule has 164 valence electrons. The highest BCUT2D eigenvalue weighted by atomic mass is 32.2. The molecule has 8 nitrogen and oxygen atoms in total. The average Bonchev–Trinajstić information content (AvgIpc) is 3.02. The molecule has 1 aromatic carbocycles. The van der Waals surface area contributed by atoms with Crippen molar-refractivity contribution in [1.29, 1.82) is 0 Å². The van der Waals surface area contributed by atoms with Crippen molar-refractivity contribution in [2.75, 3.05) is 12.4 Å². The topological polar surface area (TPSA) is 111 Å². The van der Waals surface area contributed by atoms with Crippen molar-refractivity contribution in [1.82, 2.24) is 9.88 Å². The predicted molar refractivity (Wildman–Crippen MR) is 114 cm³/mol. The maximum Gasteiger partial charge on any atom is 0.244 e. The Kier molecular flexibility index (Phi) is 7.14. The second-order valence-electron chi connectivity index (χ2n) is 7.68. The molecule has 0 spiro atoms. The van der Waals surface area contributed by atoms with E-state index in [2.05, 4.69) is 15.2 Å². The number of nitrogens with one attached hydrogen (secondary N) is 2. The minimum atomic E-state index is -3.81. The molecule has 0 saturated heterocycles. The van der Waals surface area contributed by atoms with Crippen LogP contribution in [0.2, 0.25) is 0 Å². The largest absolute Gasteiger partial charge is 0.495 e. The fourth-order valence-electron chi connectivity index (χ4n) is 3.85. The number of amides is 1. The van der Waals surface area contributed by atoms with Crippen LogP contribution in [-0.2, 0) is 14.8 Å². The normalized spacial score (nSPS) is 16.0. The molecular weight excluding hydrogens is 406 g/mol. The number of aryl methyl sites for hydroxylation is 1. The van der Waals surface area contributed by atoms with Gasteiger partial charge in [-0.1, -0.05) is 43.3 Å². The van der Waals surface area contributed by atoms with Gasteiger partial charge < -0.3 is 9.26 Å². The Balaban J connectivity index is 1.97. The third-order valence-electron chi connectivity index (χ3n) is 5.32. The van der Waals surface area contributed by atoms with Crippen LogP contribution < -0.4 is 14.8 Å². The number of rotatable bonds is 6. The number of hydrogen-bond donors (Lipinski definition) is 2. The average molecular weight is 436 g/mol. The van der Waals surface area contributed by atoms with E-state index in [1.54, 1.807) is 19.1 Å². The number of anilines is 1. The van der Waals surface area contributed by atoms with Gasteiger partial charge in [0.2, 0.25) is 21.8 Å². The van der Waals surface area contributed by atoms with Gasteiger partial charge in [-0.2, -0.15) is 0 Å². The van der Waals surface area contributed by atoms with Crippen molar-refractivity contribution < 1.29 is 22.5 Å². The Labute approximate surface area is 177 Å². The number of hydrogen-bond acceptors (Lipinski definition) is 6. The van der Waals surface area contributed by atoms with E-state index in [0.717, 1.165) is 38.5 Å². The molecule has 2 N–H and O–H groups in total. The van der Waals surface area contributed by atoms with Crippen LogP contribution in [0.15, 0.2) is 27.6 Å². The van der Waals surface area contributed by atoms with Crippen molar-refractivity contribution in [2.24, 2.45) is 0 Å². The molecule has 1 fully saturated rings. The van der Waals surface area contributed by atoms with Crippen LogP contribution in [0.4, 0.5) is 5.88 Å². The molecule has 9 heteroatoms. The van der Waals surface area contributed by atoms with E-state index >= 15 is 0 Å². The van der Waals surface area contributed by atoms with Crippen LogP contribution in [0.1, 0.15) is 57.6 Å². The van der Waals surface area contributed by atoms with Crippen LogP contribution in [0, 0.1) is 6.92 Å². The van der Waals surface area contributed by atoms with E-state index in [0.29, 0.717) is 16.8 Å². The molecule has 1 aliphatic carbocycles. The first-order valence-corrected chi connectivity index (χ1v) is 11.7. The Morgan fingerprint density at radius 3 is 2.47 bits per heavy atom. The lowest BCUT2D eigenvalue weighted by molar-refractivity contribution is -0.114. The summed E-state index contributed by atoms with van der Waals surface area (Å²) in [5, 5.41) is 6.50. The molecule has 1 saturated carbocycles. The summed E-state index contributed by atoms with van der Waals surface area (Å²) in [5.41, 5.74) is 1.65. The van der Waals surface area contributed by atoms with Gasteiger partial charge in [0.15, 0.2) is 0 Å². The Bertz CT molecular complexity index is 992. The summed E-state index contributed by atoms with van der Waals surface area (Å²) in [6.07, 6.45) is 7.18. The van der Waals surface area contributed by atoms with Crippen LogP contribution >= 0.6 is 0 Å². The fraction of sp³-hybridized carbons (Fsp3) is 0.524. The van der Waals surface area contributed by atoms with E-state index in [1.165, 1.54) is 26.5 Å². The van der Waals surface area contributed by atoms with Crippen molar-refractivity contribution in [3.63, 3.8) is 0 Å². The fourth-order valence-corrected chi connectivity index (χ4v) is 5.35. The highest BCUT2D eigenvalue weighted by molar-refractivity contribution is 7.89. The summed E-state index contributed by atoms with van der Waals surface area (Å²) < 4.78 is 39.9. The lowest BCUT2D eigenvalue weighted by Crippen LogP contribution is -2.35. The quantitative estimate of drug-likeness (QED) is 0.709. The Morgan fingerprint density at radius 2 is 1.83 bits per heavy atom. The minimum Gasteiger partial charge on any atom is -0.495 e. The number of nitrogens with zero attached hydrogens (tertiary/aromatic N) is 1. The van der Waals surface area contributed by atoms with Crippen molar-refractivity contribution >= 4 is 21.8 Å². The lowest BCUT2D eigenvalue weighted by atomic mass is 9.97. The molecule has 0 atom stereocenters. The monoisotopic (exact) mass is 435 g/mol. The van der Waals surface area contributed by atoms with Gasteiger partial charge in [0, 0.05) is 13.0 Å². The van der Waals surface area contributed by atoms with Crippen molar-refractivity contribution in [3.05, 3.63) is 23.9 Å². The van der Waals surface area contributed by atoms with Gasteiger partial charge in [-0.15, -0.1) is 0 Å². The third-order valence-corrected chi connectivity index (χ3v) is 6.86. The first-order chi connectivity index (χ1) is 14.3. The van der Waals surface area contributed by atoms with Crippen LogP contribution in [0.25, 0.3) is 11.1 Å². The molecule has 1 aliphatic rings. The van der Waals surface area contributed by atoms with Crippen LogP contribution in [-0.4, -0.2) is 32.6 Å². The minimum absolute atomic E-state index is 0.0546. The molecule has 3 rings (SSSR count). The molecule has 2 aromatic rings. The summed E-state index contributed by atoms with van der Waals surface area (Å²) in [5.74, 6) is 0.133. The Hall–Kier alpha value is -2.39. The van der Waals surface area contributed by atoms with Crippen LogP contribution in [0.5, 0.6) is 5.75 Å². The zero-order valence-electron chi connectivity index (χ0n) is 17.7. The number of methoxy groups -OCH3 is 1. The second kappa shape index (κ2) is 9.61. The molecule has 30 heavy (non-hydrogen) atoms. The van der Waals surface area contributed by atoms with E-state index in [4.69, 9.17) is 9.26 Å². The molecule has 1 heterocycles. The van der Waals surface area contributed by atoms with Gasteiger partial charge in [0.1, 0.15) is 10.6 Å². The van der Waals surface area contributed by atoms with Crippen LogP contribution in [0.3, 0.4) is 0 Å². The summed E-state index contributed by atoms with van der Waals surface area (Å²) >= 11 is 0. The second-order valence-corrected chi connectivity index (χ2v) is 9.36. The molecule has 0 radical (unpaired) electrons. The summed E-state index contributed by atoms with van der Waals surface area (Å²) in [7, 11) is -2.36. The number of carbonyl (C=O) groups is 1.